The number of benzene rings is 1. The Morgan fingerprint density at radius 3 is 2.55 bits per heavy atom. The number of nitrogen functional groups attached to an aromatic ring is 1. The molecule has 0 saturated carbocycles. The number of anilines is 1. The van der Waals surface area contributed by atoms with Crippen molar-refractivity contribution in [3.05, 3.63) is 21.1 Å². The Bertz CT molecular complexity index is 541. The third-order valence-corrected chi connectivity index (χ3v) is 5.87. The molecule has 1 aromatic rings. The highest BCUT2D eigenvalue weighted by molar-refractivity contribution is 9.11. The molecule has 0 bridgehead atoms. The molecule has 0 radical (unpaired) electrons. The second-order valence-corrected chi connectivity index (χ2v) is 7.92. The average molecular weight is 430 g/mol. The number of halogens is 2. The minimum Gasteiger partial charge on any atom is -0.398 e. The molecule has 0 saturated heterocycles. The van der Waals surface area contributed by atoms with Crippen molar-refractivity contribution in [1.29, 1.82) is 0 Å². The maximum atomic E-state index is 12.3. The van der Waals surface area contributed by atoms with Gasteiger partial charge in [-0.15, -0.1) is 0 Å². The molecule has 5 nitrogen and oxygen atoms in total. The van der Waals surface area contributed by atoms with E-state index >= 15 is 0 Å². The predicted octanol–water partition coefficient (Wildman–Crippen LogP) is 2.48. The van der Waals surface area contributed by atoms with E-state index < -0.39 is 10.0 Å². The lowest BCUT2D eigenvalue weighted by Gasteiger charge is -2.16. The lowest BCUT2D eigenvalue weighted by molar-refractivity contribution is 0.254. The fourth-order valence-corrected chi connectivity index (χ4v) is 4.98. The van der Waals surface area contributed by atoms with Crippen LogP contribution in [-0.2, 0) is 10.0 Å². The van der Waals surface area contributed by atoms with Crippen molar-refractivity contribution in [3.63, 3.8) is 0 Å². The Morgan fingerprint density at radius 2 is 2.05 bits per heavy atom. The van der Waals surface area contributed by atoms with Crippen LogP contribution in [0.4, 0.5) is 5.69 Å². The van der Waals surface area contributed by atoms with Crippen LogP contribution in [0, 0.1) is 5.92 Å². The van der Waals surface area contributed by atoms with E-state index in [0.717, 1.165) is 6.42 Å². The first kappa shape index (κ1) is 17.9. The Labute approximate surface area is 136 Å². The van der Waals surface area contributed by atoms with E-state index in [9.17, 15) is 8.42 Å². The molecule has 0 aliphatic heterocycles. The summed E-state index contributed by atoms with van der Waals surface area (Å²) >= 11 is 6.47. The Balaban J connectivity index is 2.95. The first-order valence-electron chi connectivity index (χ1n) is 6.16. The first-order chi connectivity index (χ1) is 9.31. The van der Waals surface area contributed by atoms with Crippen molar-refractivity contribution in [2.75, 3.05) is 18.9 Å². The van der Waals surface area contributed by atoms with Crippen molar-refractivity contribution < 1.29 is 13.5 Å². The summed E-state index contributed by atoms with van der Waals surface area (Å²) in [4.78, 5) is 0.0413. The SMILES string of the molecule is CCC(CCO)CNS(=O)(=O)c1c(N)cc(Br)cc1Br. The summed E-state index contributed by atoms with van der Waals surface area (Å²) in [6.07, 6.45) is 1.36. The lowest BCUT2D eigenvalue weighted by Crippen LogP contribution is -2.30. The van der Waals surface area contributed by atoms with E-state index in [1.54, 1.807) is 12.1 Å². The topological polar surface area (TPSA) is 92.4 Å². The first-order valence-corrected chi connectivity index (χ1v) is 9.23. The van der Waals surface area contributed by atoms with Crippen LogP contribution in [0.5, 0.6) is 0 Å². The summed E-state index contributed by atoms with van der Waals surface area (Å²) in [5, 5.41) is 8.92. The number of sulfonamides is 1. The van der Waals surface area contributed by atoms with Crippen molar-refractivity contribution in [2.24, 2.45) is 5.92 Å². The molecule has 0 aliphatic rings. The number of aliphatic hydroxyl groups is 1. The molecule has 0 spiro atoms. The molecule has 1 atom stereocenters. The van der Waals surface area contributed by atoms with Gasteiger partial charge in [0.05, 0.1) is 5.69 Å². The van der Waals surface area contributed by atoms with Gasteiger partial charge in [-0.2, -0.15) is 0 Å². The Morgan fingerprint density at radius 1 is 1.40 bits per heavy atom. The Kier molecular flexibility index (Phi) is 6.93. The van der Waals surface area contributed by atoms with Gasteiger partial charge in [-0.3, -0.25) is 0 Å². The summed E-state index contributed by atoms with van der Waals surface area (Å²) in [5.41, 5.74) is 5.96. The van der Waals surface area contributed by atoms with Crippen molar-refractivity contribution >= 4 is 47.6 Å². The summed E-state index contributed by atoms with van der Waals surface area (Å²) in [6.45, 7) is 2.28. The monoisotopic (exact) mass is 428 g/mol. The van der Waals surface area contributed by atoms with Crippen LogP contribution in [0.2, 0.25) is 0 Å². The molecule has 8 heteroatoms. The van der Waals surface area contributed by atoms with Gasteiger partial charge in [0.15, 0.2) is 0 Å². The molecular formula is C12H18Br2N2O3S. The number of nitrogens with one attached hydrogen (secondary N) is 1. The molecule has 0 aliphatic carbocycles. The lowest BCUT2D eigenvalue weighted by atomic mass is 10.0. The Hall–Kier alpha value is -0.150. The van der Waals surface area contributed by atoms with Gasteiger partial charge in [-0.1, -0.05) is 29.3 Å². The van der Waals surface area contributed by atoms with Gasteiger partial charge in [-0.25, -0.2) is 13.1 Å². The molecule has 0 fully saturated rings. The van der Waals surface area contributed by atoms with E-state index in [2.05, 4.69) is 36.6 Å². The minimum absolute atomic E-state index is 0.0413. The molecule has 114 valence electrons. The second kappa shape index (κ2) is 7.74. The standard InChI is InChI=1S/C12H18Br2N2O3S/c1-2-8(3-4-17)7-16-20(18,19)12-10(14)5-9(13)6-11(12)15/h5-6,8,16-17H,2-4,7,15H2,1H3. The summed E-state index contributed by atoms with van der Waals surface area (Å²) in [5.74, 6) is 0.102. The number of aliphatic hydroxyl groups excluding tert-OH is 1. The molecule has 1 aromatic carbocycles. The number of rotatable bonds is 7. The van der Waals surface area contributed by atoms with E-state index in [-0.39, 0.29) is 29.7 Å². The van der Waals surface area contributed by atoms with Crippen LogP contribution in [0.1, 0.15) is 19.8 Å². The van der Waals surface area contributed by atoms with Gasteiger partial charge >= 0.3 is 0 Å². The summed E-state index contributed by atoms with van der Waals surface area (Å²) in [6, 6.07) is 3.18. The van der Waals surface area contributed by atoms with E-state index in [1.807, 2.05) is 6.92 Å². The second-order valence-electron chi connectivity index (χ2n) is 4.44. The zero-order valence-corrected chi connectivity index (χ0v) is 15.1. The van der Waals surface area contributed by atoms with Gasteiger partial charge in [0.1, 0.15) is 4.90 Å². The molecule has 0 heterocycles. The fourth-order valence-electron chi connectivity index (χ4n) is 1.80. The highest BCUT2D eigenvalue weighted by Crippen LogP contribution is 2.31. The van der Waals surface area contributed by atoms with Gasteiger partial charge in [-0.05, 0) is 40.4 Å². The average Bonchev–Trinajstić information content (AvgIpc) is 2.32. The van der Waals surface area contributed by atoms with Crippen molar-refractivity contribution in [1.82, 2.24) is 4.72 Å². The fraction of sp³-hybridized carbons (Fsp3) is 0.500. The van der Waals surface area contributed by atoms with Crippen LogP contribution in [0.15, 0.2) is 26.0 Å². The van der Waals surface area contributed by atoms with Crippen LogP contribution < -0.4 is 10.5 Å². The highest BCUT2D eigenvalue weighted by Gasteiger charge is 2.22. The molecule has 4 N–H and O–H groups in total. The molecule has 0 amide bonds. The predicted molar refractivity (Wildman–Crippen MR) is 86.9 cm³/mol. The normalized spacial score (nSPS) is 13.4. The van der Waals surface area contributed by atoms with E-state index in [1.165, 1.54) is 0 Å². The molecule has 1 unspecified atom stereocenters. The smallest absolute Gasteiger partial charge is 0.243 e. The van der Waals surface area contributed by atoms with Gasteiger partial charge in [0.25, 0.3) is 0 Å². The van der Waals surface area contributed by atoms with Crippen molar-refractivity contribution in [3.8, 4) is 0 Å². The molecule has 20 heavy (non-hydrogen) atoms. The number of hydrogen-bond donors (Lipinski definition) is 3. The molecular weight excluding hydrogens is 412 g/mol. The maximum absolute atomic E-state index is 12.3. The zero-order chi connectivity index (χ0) is 15.3. The van der Waals surface area contributed by atoms with Gasteiger partial charge in [0, 0.05) is 22.1 Å². The van der Waals surface area contributed by atoms with Gasteiger partial charge in [0.2, 0.25) is 10.0 Å². The molecule has 0 aromatic heterocycles. The van der Waals surface area contributed by atoms with Crippen LogP contribution in [0.25, 0.3) is 0 Å². The molecule has 1 rings (SSSR count). The highest BCUT2D eigenvalue weighted by atomic mass is 79.9. The summed E-state index contributed by atoms with van der Waals surface area (Å²) < 4.78 is 28.3. The van der Waals surface area contributed by atoms with Crippen LogP contribution in [-0.4, -0.2) is 26.7 Å². The minimum atomic E-state index is -3.69. The van der Waals surface area contributed by atoms with E-state index in [0.29, 0.717) is 15.4 Å². The van der Waals surface area contributed by atoms with Crippen LogP contribution >= 0.6 is 31.9 Å². The number of hydrogen-bond acceptors (Lipinski definition) is 4. The third kappa shape index (κ3) is 4.70. The summed E-state index contributed by atoms with van der Waals surface area (Å²) in [7, 11) is -3.69. The largest absolute Gasteiger partial charge is 0.398 e. The quantitative estimate of drug-likeness (QED) is 0.580. The van der Waals surface area contributed by atoms with Gasteiger partial charge < -0.3 is 10.8 Å². The third-order valence-electron chi connectivity index (χ3n) is 2.98. The maximum Gasteiger partial charge on any atom is 0.243 e. The number of nitrogens with two attached hydrogens (primary N) is 1. The zero-order valence-electron chi connectivity index (χ0n) is 11.1. The van der Waals surface area contributed by atoms with Crippen molar-refractivity contribution in [2.45, 2.75) is 24.7 Å². The van der Waals surface area contributed by atoms with Crippen LogP contribution in [0.3, 0.4) is 0 Å². The van der Waals surface area contributed by atoms with E-state index in [4.69, 9.17) is 10.8 Å².